The summed E-state index contributed by atoms with van der Waals surface area (Å²) in [6.07, 6.45) is 4.67. The lowest BCUT2D eigenvalue weighted by atomic mass is 9.91. The second-order valence-electron chi connectivity index (χ2n) is 4.51. The van der Waals surface area contributed by atoms with E-state index in [1.807, 2.05) is 18.2 Å². The molecule has 0 unspecified atom stereocenters. The van der Waals surface area contributed by atoms with Crippen LogP contribution in [0, 0.1) is 11.3 Å². The lowest BCUT2D eigenvalue weighted by Crippen LogP contribution is -2.42. The van der Waals surface area contributed by atoms with E-state index in [0.29, 0.717) is 11.6 Å². The Hall–Kier alpha value is -1.05. The van der Waals surface area contributed by atoms with Crippen molar-refractivity contribution in [3.8, 4) is 6.07 Å². The van der Waals surface area contributed by atoms with E-state index < -0.39 is 0 Å². The van der Waals surface area contributed by atoms with Crippen molar-refractivity contribution >= 4 is 21.6 Å². The fourth-order valence-corrected chi connectivity index (χ4v) is 2.73. The second kappa shape index (κ2) is 5.52. The average Bonchev–Trinajstić information content (AvgIpc) is 2.34. The number of hydrogen-bond acceptors (Lipinski definition) is 3. The monoisotopic (exact) mass is 293 g/mol. The third-order valence-corrected chi connectivity index (χ3v) is 3.91. The number of nitrogens with two attached hydrogens (primary N) is 1. The quantitative estimate of drug-likeness (QED) is 0.881. The zero-order valence-corrected chi connectivity index (χ0v) is 11.2. The number of halogens is 1. The van der Waals surface area contributed by atoms with Crippen LogP contribution < -0.4 is 11.1 Å². The number of nitrogens with zero attached hydrogens (tertiary/aromatic N) is 1. The van der Waals surface area contributed by atoms with Crippen LogP contribution in [0.15, 0.2) is 22.7 Å². The highest BCUT2D eigenvalue weighted by molar-refractivity contribution is 9.10. The zero-order valence-electron chi connectivity index (χ0n) is 9.62. The van der Waals surface area contributed by atoms with Crippen LogP contribution in [0.25, 0.3) is 0 Å². The van der Waals surface area contributed by atoms with Crippen LogP contribution in [-0.2, 0) is 0 Å². The van der Waals surface area contributed by atoms with Crippen molar-refractivity contribution in [2.45, 2.75) is 37.8 Å². The summed E-state index contributed by atoms with van der Waals surface area (Å²) in [5.74, 6) is 0. The summed E-state index contributed by atoms with van der Waals surface area (Å²) in [6, 6.07) is 8.28. The van der Waals surface area contributed by atoms with E-state index in [-0.39, 0.29) is 6.04 Å². The molecule has 3 N–H and O–H groups in total. The molecule has 4 heteroatoms. The molecule has 0 aromatic heterocycles. The van der Waals surface area contributed by atoms with Gasteiger partial charge in [-0.2, -0.15) is 5.26 Å². The fourth-order valence-electron chi connectivity index (χ4n) is 2.24. The molecule has 0 bridgehead atoms. The Balaban J connectivity index is 2.10. The fraction of sp³-hybridized carbons (Fsp3) is 0.462. The Labute approximate surface area is 110 Å². The first-order valence-corrected chi connectivity index (χ1v) is 6.72. The van der Waals surface area contributed by atoms with Crippen molar-refractivity contribution in [3.63, 3.8) is 0 Å². The Morgan fingerprint density at radius 3 is 2.76 bits per heavy atom. The largest absolute Gasteiger partial charge is 0.380 e. The van der Waals surface area contributed by atoms with Gasteiger partial charge in [-0.25, -0.2) is 0 Å². The lowest BCUT2D eigenvalue weighted by Gasteiger charge is -2.30. The SMILES string of the molecule is N#Cc1ccc(N[C@@H]2CCCC[C@H]2N)c(Br)c1. The molecule has 90 valence electrons. The molecule has 1 aliphatic rings. The number of benzene rings is 1. The maximum Gasteiger partial charge on any atom is 0.0992 e. The molecule has 0 radical (unpaired) electrons. The molecule has 1 fully saturated rings. The Morgan fingerprint density at radius 2 is 2.12 bits per heavy atom. The van der Waals surface area contributed by atoms with Crippen LogP contribution in [0.2, 0.25) is 0 Å². The standard InChI is InChI=1S/C13H16BrN3/c14-10-7-9(8-15)5-6-12(10)17-13-4-2-1-3-11(13)16/h5-7,11,13,17H,1-4,16H2/t11-,13-/m1/s1. The summed E-state index contributed by atoms with van der Waals surface area (Å²) in [5.41, 5.74) is 7.78. The number of anilines is 1. The van der Waals surface area contributed by atoms with Gasteiger partial charge in [0.2, 0.25) is 0 Å². The van der Waals surface area contributed by atoms with Crippen LogP contribution in [0.4, 0.5) is 5.69 Å². The third-order valence-electron chi connectivity index (χ3n) is 3.26. The average molecular weight is 294 g/mol. The topological polar surface area (TPSA) is 61.8 Å². The van der Waals surface area contributed by atoms with Gasteiger partial charge in [-0.1, -0.05) is 12.8 Å². The van der Waals surface area contributed by atoms with Crippen molar-refractivity contribution in [2.75, 3.05) is 5.32 Å². The maximum absolute atomic E-state index is 8.81. The molecule has 0 heterocycles. The molecule has 0 amide bonds. The van der Waals surface area contributed by atoms with Gasteiger partial charge in [0, 0.05) is 22.2 Å². The molecule has 1 aromatic carbocycles. The highest BCUT2D eigenvalue weighted by Gasteiger charge is 2.21. The third kappa shape index (κ3) is 2.99. The Morgan fingerprint density at radius 1 is 1.35 bits per heavy atom. The minimum Gasteiger partial charge on any atom is -0.380 e. The molecule has 2 rings (SSSR count). The predicted molar refractivity (Wildman–Crippen MR) is 72.7 cm³/mol. The van der Waals surface area contributed by atoms with Crippen molar-refractivity contribution in [3.05, 3.63) is 28.2 Å². The molecule has 17 heavy (non-hydrogen) atoms. The highest BCUT2D eigenvalue weighted by atomic mass is 79.9. The van der Waals surface area contributed by atoms with E-state index in [1.165, 1.54) is 12.8 Å². The lowest BCUT2D eigenvalue weighted by molar-refractivity contribution is 0.404. The van der Waals surface area contributed by atoms with Crippen LogP contribution >= 0.6 is 15.9 Å². The van der Waals surface area contributed by atoms with Crippen LogP contribution in [0.5, 0.6) is 0 Å². The highest BCUT2D eigenvalue weighted by Crippen LogP contribution is 2.27. The zero-order chi connectivity index (χ0) is 12.3. The van der Waals surface area contributed by atoms with Gasteiger partial charge in [0.05, 0.1) is 11.6 Å². The minimum atomic E-state index is 0.228. The molecule has 1 aromatic rings. The van der Waals surface area contributed by atoms with Crippen LogP contribution in [-0.4, -0.2) is 12.1 Å². The molecule has 0 spiro atoms. The molecular weight excluding hydrogens is 278 g/mol. The van der Waals surface area contributed by atoms with Crippen molar-refractivity contribution in [1.82, 2.24) is 0 Å². The summed E-state index contributed by atoms with van der Waals surface area (Å²) in [5, 5.41) is 12.3. The van der Waals surface area contributed by atoms with Crippen LogP contribution in [0.3, 0.4) is 0 Å². The molecule has 1 saturated carbocycles. The van der Waals surface area contributed by atoms with E-state index in [1.54, 1.807) is 0 Å². The van der Waals surface area contributed by atoms with Gasteiger partial charge in [0.15, 0.2) is 0 Å². The van der Waals surface area contributed by atoms with Crippen molar-refractivity contribution in [2.24, 2.45) is 5.73 Å². The van der Waals surface area contributed by atoms with E-state index in [4.69, 9.17) is 11.0 Å². The van der Waals surface area contributed by atoms with Crippen LogP contribution in [0.1, 0.15) is 31.2 Å². The van der Waals surface area contributed by atoms with Gasteiger partial charge in [-0.05, 0) is 47.0 Å². The summed E-state index contributed by atoms with van der Waals surface area (Å²) in [7, 11) is 0. The first-order chi connectivity index (χ1) is 8.20. The molecular formula is C13H16BrN3. The summed E-state index contributed by atoms with van der Waals surface area (Å²) >= 11 is 3.48. The van der Waals surface area contributed by atoms with E-state index >= 15 is 0 Å². The normalized spacial score (nSPS) is 24.1. The molecule has 2 atom stereocenters. The summed E-state index contributed by atoms with van der Waals surface area (Å²) < 4.78 is 0.925. The second-order valence-corrected chi connectivity index (χ2v) is 5.36. The summed E-state index contributed by atoms with van der Waals surface area (Å²) in [4.78, 5) is 0. The van der Waals surface area contributed by atoms with Gasteiger partial charge >= 0.3 is 0 Å². The number of hydrogen-bond donors (Lipinski definition) is 2. The van der Waals surface area contributed by atoms with Gasteiger partial charge in [0.1, 0.15) is 0 Å². The smallest absolute Gasteiger partial charge is 0.0992 e. The number of nitrogens with one attached hydrogen (secondary N) is 1. The first-order valence-electron chi connectivity index (χ1n) is 5.92. The van der Waals surface area contributed by atoms with Gasteiger partial charge in [-0.15, -0.1) is 0 Å². The molecule has 3 nitrogen and oxygen atoms in total. The number of rotatable bonds is 2. The Kier molecular flexibility index (Phi) is 4.03. The van der Waals surface area contributed by atoms with Gasteiger partial charge in [0.25, 0.3) is 0 Å². The first kappa shape index (κ1) is 12.4. The summed E-state index contributed by atoms with van der Waals surface area (Å²) in [6.45, 7) is 0. The van der Waals surface area contributed by atoms with Gasteiger partial charge < -0.3 is 11.1 Å². The molecule has 0 aliphatic heterocycles. The van der Waals surface area contributed by atoms with Gasteiger partial charge in [-0.3, -0.25) is 0 Å². The maximum atomic E-state index is 8.81. The Bertz CT molecular complexity index is 439. The van der Waals surface area contributed by atoms with Crippen molar-refractivity contribution in [1.29, 1.82) is 5.26 Å². The number of nitriles is 1. The van der Waals surface area contributed by atoms with Crippen molar-refractivity contribution < 1.29 is 0 Å². The van der Waals surface area contributed by atoms with E-state index in [9.17, 15) is 0 Å². The minimum absolute atomic E-state index is 0.228. The van der Waals surface area contributed by atoms with E-state index in [0.717, 1.165) is 23.0 Å². The van der Waals surface area contributed by atoms with E-state index in [2.05, 4.69) is 27.3 Å². The molecule has 1 aliphatic carbocycles. The predicted octanol–water partition coefficient (Wildman–Crippen LogP) is 3.00. The molecule has 0 saturated heterocycles.